The van der Waals surface area contributed by atoms with Crippen molar-refractivity contribution < 1.29 is 9.63 Å². The summed E-state index contributed by atoms with van der Waals surface area (Å²) in [5.41, 5.74) is 4.30. The number of benzene rings is 1. The van der Waals surface area contributed by atoms with Crippen LogP contribution in [-0.4, -0.2) is 63.0 Å². The molecule has 2 unspecified atom stereocenters. The molecule has 7 nitrogen and oxygen atoms in total. The van der Waals surface area contributed by atoms with Crippen molar-refractivity contribution in [1.82, 2.24) is 25.2 Å². The average molecular weight is 393 g/mol. The Hall–Kier alpha value is -2.48. The zero-order valence-corrected chi connectivity index (χ0v) is 16.7. The van der Waals surface area contributed by atoms with Crippen molar-refractivity contribution in [3.05, 3.63) is 59.6 Å². The van der Waals surface area contributed by atoms with E-state index in [2.05, 4.69) is 37.3 Å². The molecule has 0 aliphatic carbocycles. The molecule has 1 aromatic carbocycles. The smallest absolute Gasteiger partial charge is 0.150 e. The zero-order valence-electron chi connectivity index (χ0n) is 16.7. The van der Waals surface area contributed by atoms with Crippen molar-refractivity contribution in [2.75, 3.05) is 32.8 Å². The summed E-state index contributed by atoms with van der Waals surface area (Å²) in [6, 6.07) is 12.3. The molecule has 29 heavy (non-hydrogen) atoms. The van der Waals surface area contributed by atoms with Crippen molar-refractivity contribution in [1.29, 1.82) is 0 Å². The maximum absolute atomic E-state index is 10.3. The maximum atomic E-state index is 10.3. The van der Waals surface area contributed by atoms with E-state index in [1.54, 1.807) is 0 Å². The number of aliphatic hydroxyl groups excluding tert-OH is 1. The summed E-state index contributed by atoms with van der Waals surface area (Å²) < 4.78 is 5.39. The van der Waals surface area contributed by atoms with E-state index in [-0.39, 0.29) is 12.0 Å². The Balaban J connectivity index is 1.27. The lowest BCUT2D eigenvalue weighted by molar-refractivity contribution is 0.109. The van der Waals surface area contributed by atoms with E-state index < -0.39 is 0 Å². The molecule has 2 N–H and O–H groups in total. The molecule has 0 radical (unpaired) electrons. The molecular formula is C22H27N5O2. The minimum absolute atomic E-state index is 0.0638. The number of aromatic nitrogens is 3. The number of nitrogens with one attached hydrogen (secondary N) is 1. The number of fused-ring (bicyclic) bond motifs is 1. The number of likely N-dealkylation sites (tertiary alicyclic amines) is 2. The Morgan fingerprint density at radius 1 is 1.17 bits per heavy atom. The van der Waals surface area contributed by atoms with Crippen molar-refractivity contribution in [2.24, 2.45) is 11.3 Å². The van der Waals surface area contributed by atoms with Crippen LogP contribution in [0, 0.1) is 18.3 Å². The van der Waals surface area contributed by atoms with E-state index in [0.29, 0.717) is 5.92 Å². The minimum atomic E-state index is -0.0638. The number of aromatic amines is 1. The van der Waals surface area contributed by atoms with Crippen molar-refractivity contribution in [2.45, 2.75) is 20.0 Å². The highest BCUT2D eigenvalue weighted by Gasteiger charge is 2.52. The topological polar surface area (TPSA) is 81.4 Å². The third kappa shape index (κ3) is 3.50. The highest BCUT2D eigenvalue weighted by Crippen LogP contribution is 2.43. The molecule has 152 valence electrons. The predicted molar refractivity (Wildman–Crippen MR) is 109 cm³/mol. The van der Waals surface area contributed by atoms with Crippen LogP contribution in [-0.2, 0) is 13.1 Å². The van der Waals surface area contributed by atoms with Gasteiger partial charge in [-0.25, -0.2) is 0 Å². The highest BCUT2D eigenvalue weighted by molar-refractivity contribution is 5.62. The van der Waals surface area contributed by atoms with Gasteiger partial charge in [-0.05, 0) is 18.4 Å². The van der Waals surface area contributed by atoms with Gasteiger partial charge < -0.3 is 9.63 Å². The molecule has 3 aromatic rings. The van der Waals surface area contributed by atoms with Crippen LogP contribution in [0.25, 0.3) is 11.3 Å². The van der Waals surface area contributed by atoms with Crippen molar-refractivity contribution in [3.8, 4) is 11.3 Å². The molecular weight excluding hydrogens is 366 g/mol. The van der Waals surface area contributed by atoms with Gasteiger partial charge in [0.15, 0.2) is 5.76 Å². The Labute approximate surface area is 170 Å². The Morgan fingerprint density at radius 3 is 2.59 bits per heavy atom. The lowest BCUT2D eigenvalue weighted by Gasteiger charge is -2.27. The SMILES string of the molecule is Cc1cc(CN2CC3CN(Cc4cn[nH]c4-c4ccccc4)CC3(CO)C2)on1. The average Bonchev–Trinajstić information content (AvgIpc) is 3.47. The Kier molecular flexibility index (Phi) is 4.73. The van der Waals surface area contributed by atoms with Crippen LogP contribution in [0.2, 0.25) is 0 Å². The first kappa shape index (κ1) is 18.5. The molecule has 4 heterocycles. The Bertz CT molecular complexity index is 969. The number of nitrogens with zero attached hydrogens (tertiary/aromatic N) is 4. The summed E-state index contributed by atoms with van der Waals surface area (Å²) in [5, 5.41) is 21.7. The first-order valence-corrected chi connectivity index (χ1v) is 10.2. The van der Waals surface area contributed by atoms with Crippen LogP contribution in [0.5, 0.6) is 0 Å². The van der Waals surface area contributed by atoms with Crippen LogP contribution in [0.1, 0.15) is 17.0 Å². The second kappa shape index (κ2) is 7.40. The van der Waals surface area contributed by atoms with Crippen molar-refractivity contribution >= 4 is 0 Å². The van der Waals surface area contributed by atoms with Crippen LogP contribution in [0.15, 0.2) is 47.1 Å². The Morgan fingerprint density at radius 2 is 1.93 bits per heavy atom. The van der Waals surface area contributed by atoms with E-state index in [1.165, 1.54) is 5.56 Å². The van der Waals surface area contributed by atoms with E-state index in [9.17, 15) is 5.11 Å². The van der Waals surface area contributed by atoms with E-state index in [0.717, 1.165) is 62.0 Å². The van der Waals surface area contributed by atoms with E-state index >= 15 is 0 Å². The van der Waals surface area contributed by atoms with Gasteiger partial charge in [-0.1, -0.05) is 35.5 Å². The summed E-state index contributed by atoms with van der Waals surface area (Å²) >= 11 is 0. The molecule has 7 heteroatoms. The second-order valence-electron chi connectivity index (χ2n) is 8.63. The number of hydrogen-bond donors (Lipinski definition) is 2. The molecule has 2 saturated heterocycles. The predicted octanol–water partition coefficient (Wildman–Crippen LogP) is 2.30. The maximum Gasteiger partial charge on any atom is 0.150 e. The fourth-order valence-electron chi connectivity index (χ4n) is 5.10. The lowest BCUT2D eigenvalue weighted by atomic mass is 9.82. The van der Waals surface area contributed by atoms with E-state index in [1.807, 2.05) is 37.4 Å². The number of aryl methyl sites for hydroxylation is 1. The van der Waals surface area contributed by atoms with Gasteiger partial charge in [-0.3, -0.25) is 14.9 Å². The molecule has 2 aromatic heterocycles. The summed E-state index contributed by atoms with van der Waals surface area (Å²) in [6.45, 7) is 7.54. The standard InChI is InChI=1S/C22H27N5O2/c1-16-7-20(29-25-16)12-27-11-19-10-26(13-22(19,14-27)15-28)9-18-8-23-24-21(18)17-5-3-2-4-6-17/h2-8,19,28H,9-15H2,1H3,(H,23,24). The monoisotopic (exact) mass is 393 g/mol. The third-order valence-corrected chi connectivity index (χ3v) is 6.45. The molecule has 0 bridgehead atoms. The van der Waals surface area contributed by atoms with Gasteiger partial charge in [0.05, 0.1) is 30.7 Å². The van der Waals surface area contributed by atoms with Gasteiger partial charge >= 0.3 is 0 Å². The lowest BCUT2D eigenvalue weighted by Crippen LogP contribution is -2.36. The largest absolute Gasteiger partial charge is 0.396 e. The third-order valence-electron chi connectivity index (χ3n) is 6.45. The molecule has 5 rings (SSSR count). The summed E-state index contributed by atoms with van der Waals surface area (Å²) in [4.78, 5) is 4.86. The van der Waals surface area contributed by atoms with Gasteiger partial charge in [0, 0.05) is 49.8 Å². The normalized spacial score (nSPS) is 25.0. The first-order chi connectivity index (χ1) is 14.1. The first-order valence-electron chi connectivity index (χ1n) is 10.2. The van der Waals surface area contributed by atoms with Gasteiger partial charge in [-0.2, -0.15) is 5.10 Å². The fourth-order valence-corrected chi connectivity index (χ4v) is 5.10. The summed E-state index contributed by atoms with van der Waals surface area (Å²) in [5.74, 6) is 1.36. The number of rotatable bonds is 6. The van der Waals surface area contributed by atoms with Gasteiger partial charge in [0.1, 0.15) is 0 Å². The van der Waals surface area contributed by atoms with Gasteiger partial charge in [0.2, 0.25) is 0 Å². The van der Waals surface area contributed by atoms with Crippen LogP contribution in [0.4, 0.5) is 0 Å². The molecule has 0 amide bonds. The van der Waals surface area contributed by atoms with Crippen LogP contribution in [0.3, 0.4) is 0 Å². The minimum Gasteiger partial charge on any atom is -0.396 e. The highest BCUT2D eigenvalue weighted by atomic mass is 16.5. The molecule has 2 aliphatic heterocycles. The summed E-state index contributed by atoms with van der Waals surface area (Å²) in [6.07, 6.45) is 1.93. The van der Waals surface area contributed by atoms with Crippen molar-refractivity contribution in [3.63, 3.8) is 0 Å². The summed E-state index contributed by atoms with van der Waals surface area (Å²) in [7, 11) is 0. The van der Waals surface area contributed by atoms with Crippen LogP contribution < -0.4 is 0 Å². The second-order valence-corrected chi connectivity index (χ2v) is 8.63. The molecule has 2 aliphatic rings. The molecule has 0 spiro atoms. The number of H-pyrrole nitrogens is 1. The molecule has 2 fully saturated rings. The zero-order chi connectivity index (χ0) is 19.8. The quantitative estimate of drug-likeness (QED) is 0.669. The number of hydrogen-bond acceptors (Lipinski definition) is 6. The van der Waals surface area contributed by atoms with Crippen LogP contribution >= 0.6 is 0 Å². The fraction of sp³-hybridized carbons (Fsp3) is 0.455. The van der Waals surface area contributed by atoms with Gasteiger partial charge in [0.25, 0.3) is 0 Å². The molecule has 0 saturated carbocycles. The molecule has 2 atom stereocenters. The van der Waals surface area contributed by atoms with E-state index in [4.69, 9.17) is 4.52 Å². The number of aliphatic hydroxyl groups is 1. The van der Waals surface area contributed by atoms with Gasteiger partial charge in [-0.15, -0.1) is 0 Å².